The molecule has 0 aliphatic carbocycles. The highest BCUT2D eigenvalue weighted by Gasteiger charge is 2.07. The number of aliphatic hydroxyl groups is 2. The van der Waals surface area contributed by atoms with Crippen LogP contribution in [0.25, 0.3) is 0 Å². The number of ether oxygens (including phenoxy) is 1. The number of nitrogens with one attached hydrogen (secondary N) is 1. The van der Waals surface area contributed by atoms with Gasteiger partial charge in [-0.3, -0.25) is 0 Å². The molecule has 0 radical (unpaired) electrons. The Balaban J connectivity index is 2.20. The summed E-state index contributed by atoms with van der Waals surface area (Å²) in [6.07, 6.45) is 0.137. The van der Waals surface area contributed by atoms with E-state index in [9.17, 15) is 5.11 Å². The SMILES string of the molecule is Cc1ccc(OCC(O)CNC(C)CCO)cc1. The summed E-state index contributed by atoms with van der Waals surface area (Å²) < 4.78 is 5.48. The van der Waals surface area contributed by atoms with Gasteiger partial charge in [0, 0.05) is 19.2 Å². The van der Waals surface area contributed by atoms with Crippen LogP contribution in [0.2, 0.25) is 0 Å². The molecule has 0 heterocycles. The molecule has 0 fully saturated rings. The minimum Gasteiger partial charge on any atom is -0.491 e. The molecule has 1 rings (SSSR count). The molecule has 102 valence electrons. The number of hydrogen-bond acceptors (Lipinski definition) is 4. The van der Waals surface area contributed by atoms with Crippen molar-refractivity contribution in [1.82, 2.24) is 5.32 Å². The fraction of sp³-hybridized carbons (Fsp3) is 0.571. The van der Waals surface area contributed by atoms with Crippen molar-refractivity contribution in [2.24, 2.45) is 0 Å². The van der Waals surface area contributed by atoms with Crippen LogP contribution in [0.1, 0.15) is 18.9 Å². The quantitative estimate of drug-likeness (QED) is 0.649. The molecule has 0 amide bonds. The van der Waals surface area contributed by atoms with Gasteiger partial charge in [0.05, 0.1) is 0 Å². The zero-order valence-electron chi connectivity index (χ0n) is 11.1. The lowest BCUT2D eigenvalue weighted by Gasteiger charge is -2.17. The van der Waals surface area contributed by atoms with Crippen LogP contribution < -0.4 is 10.1 Å². The second-order valence-electron chi connectivity index (χ2n) is 4.60. The van der Waals surface area contributed by atoms with E-state index >= 15 is 0 Å². The Labute approximate surface area is 109 Å². The fourth-order valence-corrected chi connectivity index (χ4v) is 1.52. The molecule has 18 heavy (non-hydrogen) atoms. The van der Waals surface area contributed by atoms with Gasteiger partial charge < -0.3 is 20.3 Å². The number of benzene rings is 1. The van der Waals surface area contributed by atoms with Crippen molar-refractivity contribution in [1.29, 1.82) is 0 Å². The van der Waals surface area contributed by atoms with Crippen LogP contribution >= 0.6 is 0 Å². The fourth-order valence-electron chi connectivity index (χ4n) is 1.52. The zero-order valence-corrected chi connectivity index (χ0v) is 11.1. The van der Waals surface area contributed by atoms with E-state index in [1.165, 1.54) is 5.56 Å². The minimum absolute atomic E-state index is 0.157. The van der Waals surface area contributed by atoms with Gasteiger partial charge in [0.25, 0.3) is 0 Å². The highest BCUT2D eigenvalue weighted by Crippen LogP contribution is 2.11. The standard InChI is InChI=1S/C14H23NO3/c1-11-3-5-14(6-4-11)18-10-13(17)9-15-12(2)7-8-16/h3-6,12-13,15-17H,7-10H2,1-2H3. The molecule has 1 aromatic carbocycles. The number of aliphatic hydroxyl groups excluding tert-OH is 2. The third-order valence-corrected chi connectivity index (χ3v) is 2.73. The zero-order chi connectivity index (χ0) is 13.4. The van der Waals surface area contributed by atoms with Crippen molar-refractivity contribution in [2.45, 2.75) is 32.4 Å². The lowest BCUT2D eigenvalue weighted by molar-refractivity contribution is 0.103. The van der Waals surface area contributed by atoms with E-state index in [0.29, 0.717) is 13.0 Å². The van der Waals surface area contributed by atoms with Crippen LogP contribution in [0.4, 0.5) is 0 Å². The lowest BCUT2D eigenvalue weighted by Crippen LogP contribution is -2.37. The van der Waals surface area contributed by atoms with Crippen LogP contribution in [0.3, 0.4) is 0 Å². The van der Waals surface area contributed by atoms with Crippen LogP contribution in [0, 0.1) is 6.92 Å². The van der Waals surface area contributed by atoms with Crippen LogP contribution in [-0.2, 0) is 0 Å². The molecule has 0 bridgehead atoms. The summed E-state index contributed by atoms with van der Waals surface area (Å²) in [5.41, 5.74) is 1.18. The van der Waals surface area contributed by atoms with Gasteiger partial charge in [-0.25, -0.2) is 0 Å². The molecular weight excluding hydrogens is 230 g/mol. The third kappa shape index (κ3) is 6.00. The molecule has 0 aliphatic rings. The van der Waals surface area contributed by atoms with Gasteiger partial charge in [-0.15, -0.1) is 0 Å². The first kappa shape index (κ1) is 15.0. The summed E-state index contributed by atoms with van der Waals surface area (Å²) in [6.45, 7) is 4.88. The molecule has 2 unspecified atom stereocenters. The first-order valence-corrected chi connectivity index (χ1v) is 6.33. The Morgan fingerprint density at radius 2 is 1.94 bits per heavy atom. The van der Waals surface area contributed by atoms with Crippen LogP contribution in [-0.4, -0.2) is 42.1 Å². The van der Waals surface area contributed by atoms with Crippen molar-refractivity contribution in [3.63, 3.8) is 0 Å². The molecule has 1 aromatic rings. The number of rotatable bonds is 8. The molecule has 0 aromatic heterocycles. The van der Waals surface area contributed by atoms with Crippen molar-refractivity contribution in [2.75, 3.05) is 19.8 Å². The molecule has 2 atom stereocenters. The number of aryl methyl sites for hydroxylation is 1. The molecule has 0 spiro atoms. The van der Waals surface area contributed by atoms with E-state index < -0.39 is 6.10 Å². The predicted molar refractivity (Wildman–Crippen MR) is 71.8 cm³/mol. The topological polar surface area (TPSA) is 61.7 Å². The highest BCUT2D eigenvalue weighted by atomic mass is 16.5. The number of hydrogen-bond donors (Lipinski definition) is 3. The van der Waals surface area contributed by atoms with Crippen LogP contribution in [0.5, 0.6) is 5.75 Å². The maximum atomic E-state index is 9.73. The molecule has 3 N–H and O–H groups in total. The Morgan fingerprint density at radius 3 is 2.56 bits per heavy atom. The summed E-state index contributed by atoms with van der Waals surface area (Å²) in [5.74, 6) is 0.767. The normalized spacial score (nSPS) is 14.2. The van der Waals surface area contributed by atoms with E-state index in [-0.39, 0.29) is 19.3 Å². The second-order valence-corrected chi connectivity index (χ2v) is 4.60. The molecule has 0 saturated heterocycles. The average molecular weight is 253 g/mol. The Morgan fingerprint density at radius 1 is 1.28 bits per heavy atom. The van der Waals surface area contributed by atoms with E-state index in [1.54, 1.807) is 0 Å². The summed E-state index contributed by atoms with van der Waals surface area (Å²) in [6, 6.07) is 7.93. The van der Waals surface area contributed by atoms with Crippen molar-refractivity contribution >= 4 is 0 Å². The van der Waals surface area contributed by atoms with E-state index in [4.69, 9.17) is 9.84 Å². The minimum atomic E-state index is -0.549. The molecule has 4 nitrogen and oxygen atoms in total. The Kier molecular flexibility index (Phi) is 6.72. The summed E-state index contributed by atoms with van der Waals surface area (Å²) in [7, 11) is 0. The summed E-state index contributed by atoms with van der Waals surface area (Å²) >= 11 is 0. The third-order valence-electron chi connectivity index (χ3n) is 2.73. The highest BCUT2D eigenvalue weighted by molar-refractivity contribution is 5.26. The molecule has 4 heteroatoms. The predicted octanol–water partition coefficient (Wildman–Crippen LogP) is 1.10. The molecular formula is C14H23NO3. The maximum absolute atomic E-state index is 9.73. The van der Waals surface area contributed by atoms with Gasteiger partial charge in [0.2, 0.25) is 0 Å². The molecule has 0 aliphatic heterocycles. The monoisotopic (exact) mass is 253 g/mol. The Hall–Kier alpha value is -1.10. The Bertz CT molecular complexity index is 326. The van der Waals surface area contributed by atoms with Gasteiger partial charge in [-0.2, -0.15) is 0 Å². The smallest absolute Gasteiger partial charge is 0.119 e. The maximum Gasteiger partial charge on any atom is 0.119 e. The summed E-state index contributed by atoms with van der Waals surface area (Å²) in [4.78, 5) is 0. The van der Waals surface area contributed by atoms with Gasteiger partial charge in [0.15, 0.2) is 0 Å². The first-order chi connectivity index (χ1) is 8.61. The largest absolute Gasteiger partial charge is 0.491 e. The van der Waals surface area contributed by atoms with Crippen molar-refractivity contribution in [3.05, 3.63) is 29.8 Å². The first-order valence-electron chi connectivity index (χ1n) is 6.33. The second kappa shape index (κ2) is 8.08. The lowest BCUT2D eigenvalue weighted by atomic mass is 10.2. The average Bonchev–Trinajstić information content (AvgIpc) is 2.36. The summed E-state index contributed by atoms with van der Waals surface area (Å²) in [5, 5.41) is 21.6. The van der Waals surface area contributed by atoms with Gasteiger partial charge in [0.1, 0.15) is 18.5 Å². The van der Waals surface area contributed by atoms with Crippen molar-refractivity contribution < 1.29 is 14.9 Å². The van der Waals surface area contributed by atoms with E-state index in [2.05, 4.69) is 5.32 Å². The van der Waals surface area contributed by atoms with Gasteiger partial charge in [-0.05, 0) is 32.4 Å². The van der Waals surface area contributed by atoms with Gasteiger partial charge >= 0.3 is 0 Å². The van der Waals surface area contributed by atoms with E-state index in [1.807, 2.05) is 38.1 Å². The van der Waals surface area contributed by atoms with Crippen LogP contribution in [0.15, 0.2) is 24.3 Å². The van der Waals surface area contributed by atoms with E-state index in [0.717, 1.165) is 5.75 Å². The molecule has 0 saturated carbocycles. The van der Waals surface area contributed by atoms with Gasteiger partial charge in [-0.1, -0.05) is 17.7 Å². The van der Waals surface area contributed by atoms with Crippen molar-refractivity contribution in [3.8, 4) is 5.75 Å².